The van der Waals surface area contributed by atoms with Gasteiger partial charge < -0.3 is 19.4 Å². The van der Waals surface area contributed by atoms with E-state index in [-0.39, 0.29) is 17.9 Å². The summed E-state index contributed by atoms with van der Waals surface area (Å²) < 4.78 is 7.17. The first-order chi connectivity index (χ1) is 13.1. The molecule has 4 heterocycles. The lowest BCUT2D eigenvalue weighted by atomic mass is 9.96. The number of pyridine rings is 1. The van der Waals surface area contributed by atoms with Gasteiger partial charge in [0.05, 0.1) is 5.02 Å². The summed E-state index contributed by atoms with van der Waals surface area (Å²) in [5.74, 6) is 0.324. The van der Waals surface area contributed by atoms with Gasteiger partial charge in [-0.1, -0.05) is 11.6 Å². The molecule has 4 rings (SSSR count). The summed E-state index contributed by atoms with van der Waals surface area (Å²) in [4.78, 5) is 31.0. The number of hydrogen-bond donors (Lipinski definition) is 1. The van der Waals surface area contributed by atoms with Crippen molar-refractivity contribution in [3.05, 3.63) is 35.2 Å². The summed E-state index contributed by atoms with van der Waals surface area (Å²) in [6.07, 6.45) is 6.68. The van der Waals surface area contributed by atoms with Crippen molar-refractivity contribution in [2.24, 2.45) is 5.92 Å². The zero-order valence-electron chi connectivity index (χ0n) is 15.1. The van der Waals surface area contributed by atoms with Gasteiger partial charge in [0.25, 0.3) is 5.91 Å². The number of likely N-dealkylation sites (tertiary alicyclic amines) is 1. The quantitative estimate of drug-likeness (QED) is 0.867. The van der Waals surface area contributed by atoms with Crippen molar-refractivity contribution in [2.45, 2.75) is 31.8 Å². The van der Waals surface area contributed by atoms with E-state index in [1.807, 2.05) is 4.90 Å². The van der Waals surface area contributed by atoms with Gasteiger partial charge in [-0.2, -0.15) is 0 Å². The topological polar surface area (TPSA) is 75.9 Å². The van der Waals surface area contributed by atoms with Crippen molar-refractivity contribution < 1.29 is 14.3 Å². The number of nitrogens with zero attached hydrogens (tertiary/aromatic N) is 3. The Morgan fingerprint density at radius 2 is 2.04 bits per heavy atom. The molecule has 0 aliphatic carbocycles. The highest BCUT2D eigenvalue weighted by molar-refractivity contribution is 6.30. The second-order valence-corrected chi connectivity index (χ2v) is 7.66. The first kappa shape index (κ1) is 18.3. The molecule has 2 aromatic rings. The molecule has 8 heteroatoms. The van der Waals surface area contributed by atoms with E-state index in [1.54, 1.807) is 28.9 Å². The lowest BCUT2D eigenvalue weighted by Crippen LogP contribution is -2.43. The molecule has 0 bridgehead atoms. The molecule has 27 heavy (non-hydrogen) atoms. The van der Waals surface area contributed by atoms with Crippen LogP contribution in [0.5, 0.6) is 0 Å². The minimum atomic E-state index is -0.282. The maximum atomic E-state index is 12.7. The number of fused-ring (bicyclic) bond motifs is 1. The Kier molecular flexibility index (Phi) is 5.31. The van der Waals surface area contributed by atoms with Crippen molar-refractivity contribution >= 4 is 29.1 Å². The summed E-state index contributed by atoms with van der Waals surface area (Å²) >= 11 is 5.98. The van der Waals surface area contributed by atoms with Crippen molar-refractivity contribution in [1.29, 1.82) is 0 Å². The van der Waals surface area contributed by atoms with Gasteiger partial charge in [0.2, 0.25) is 5.91 Å². The van der Waals surface area contributed by atoms with Crippen LogP contribution in [0.1, 0.15) is 36.2 Å². The van der Waals surface area contributed by atoms with E-state index in [1.165, 1.54) is 0 Å². The lowest BCUT2D eigenvalue weighted by molar-refractivity contribution is -0.130. The molecule has 1 atom stereocenters. The largest absolute Gasteiger partial charge is 0.368 e. The Balaban J connectivity index is 1.29. The zero-order chi connectivity index (χ0) is 18.8. The summed E-state index contributed by atoms with van der Waals surface area (Å²) in [7, 11) is 0. The number of ether oxygens (including phenoxy) is 1. The molecule has 0 radical (unpaired) electrons. The fourth-order valence-electron chi connectivity index (χ4n) is 3.71. The first-order valence-corrected chi connectivity index (χ1v) is 9.81. The molecule has 2 aliphatic heterocycles. The molecule has 0 saturated carbocycles. The van der Waals surface area contributed by atoms with Gasteiger partial charge in [0.1, 0.15) is 17.4 Å². The third-order valence-electron chi connectivity index (χ3n) is 5.32. The number of hydrogen-bond acceptors (Lipinski definition) is 4. The van der Waals surface area contributed by atoms with Crippen LogP contribution in [0.4, 0.5) is 0 Å². The van der Waals surface area contributed by atoms with Gasteiger partial charge in [0.15, 0.2) is 0 Å². The molecule has 2 aliphatic rings. The van der Waals surface area contributed by atoms with Gasteiger partial charge >= 0.3 is 0 Å². The maximum Gasteiger partial charge on any atom is 0.274 e. The van der Waals surface area contributed by atoms with E-state index in [0.29, 0.717) is 48.5 Å². The van der Waals surface area contributed by atoms with Crippen LogP contribution >= 0.6 is 11.6 Å². The van der Waals surface area contributed by atoms with E-state index in [4.69, 9.17) is 16.3 Å². The maximum absolute atomic E-state index is 12.7. The summed E-state index contributed by atoms with van der Waals surface area (Å²) in [5.41, 5.74) is 1.14. The van der Waals surface area contributed by atoms with Crippen molar-refractivity contribution in [3.63, 3.8) is 0 Å². The van der Waals surface area contributed by atoms with E-state index in [0.717, 1.165) is 25.7 Å². The van der Waals surface area contributed by atoms with Crippen molar-refractivity contribution in [2.75, 3.05) is 26.2 Å². The van der Waals surface area contributed by atoms with Gasteiger partial charge in [-0.25, -0.2) is 4.98 Å². The Bertz CT molecular complexity index is 839. The molecule has 144 valence electrons. The van der Waals surface area contributed by atoms with Crippen molar-refractivity contribution in [1.82, 2.24) is 19.6 Å². The number of piperidine rings is 1. The summed E-state index contributed by atoms with van der Waals surface area (Å²) in [6.45, 7) is 2.67. The van der Waals surface area contributed by atoms with Crippen LogP contribution in [0.3, 0.4) is 0 Å². The fourth-order valence-corrected chi connectivity index (χ4v) is 3.88. The SMILES string of the molecule is O=C(NCC1CCN(C(=O)c2cn3cc(Cl)ccc3n2)CC1)[C@@H]1CCCO1. The zero-order valence-corrected chi connectivity index (χ0v) is 15.8. The van der Waals surface area contributed by atoms with Crippen molar-refractivity contribution in [3.8, 4) is 0 Å². The molecule has 0 unspecified atom stereocenters. The molecular weight excluding hydrogens is 368 g/mol. The molecule has 2 saturated heterocycles. The van der Waals surface area contributed by atoms with Crippen LogP contribution in [0.25, 0.3) is 5.65 Å². The van der Waals surface area contributed by atoms with Gasteiger partial charge in [-0.15, -0.1) is 0 Å². The second-order valence-electron chi connectivity index (χ2n) is 7.22. The van der Waals surface area contributed by atoms with E-state index >= 15 is 0 Å². The molecule has 2 fully saturated rings. The van der Waals surface area contributed by atoms with Gasteiger partial charge in [-0.05, 0) is 43.7 Å². The number of carbonyl (C=O) groups excluding carboxylic acids is 2. The standard InChI is InChI=1S/C19H23ClN4O3/c20-14-3-4-17-22-15(12-24(17)11-14)19(26)23-7-5-13(6-8-23)10-21-18(25)16-2-1-9-27-16/h3-4,11-13,16H,1-2,5-10H2,(H,21,25)/t16-/m0/s1. The van der Waals surface area contributed by atoms with Crippen LogP contribution in [-0.2, 0) is 9.53 Å². The molecule has 2 amide bonds. The highest BCUT2D eigenvalue weighted by Gasteiger charge is 2.27. The molecular formula is C19H23ClN4O3. The Morgan fingerprint density at radius 1 is 1.22 bits per heavy atom. The Labute approximate surface area is 162 Å². The highest BCUT2D eigenvalue weighted by Crippen LogP contribution is 2.20. The minimum Gasteiger partial charge on any atom is -0.368 e. The second kappa shape index (κ2) is 7.86. The molecule has 1 N–H and O–H groups in total. The predicted octanol–water partition coefficient (Wildman–Crippen LogP) is 2.14. The monoisotopic (exact) mass is 390 g/mol. The number of amides is 2. The van der Waals surface area contributed by atoms with E-state index in [9.17, 15) is 9.59 Å². The normalized spacial score (nSPS) is 20.9. The third-order valence-corrected chi connectivity index (χ3v) is 5.55. The van der Waals surface area contributed by atoms with E-state index < -0.39 is 0 Å². The van der Waals surface area contributed by atoms with Crippen LogP contribution in [0.2, 0.25) is 5.02 Å². The van der Waals surface area contributed by atoms with Gasteiger partial charge in [-0.3, -0.25) is 9.59 Å². The lowest BCUT2D eigenvalue weighted by Gasteiger charge is -2.31. The fraction of sp³-hybridized carbons (Fsp3) is 0.526. The minimum absolute atomic E-state index is 0.00522. The first-order valence-electron chi connectivity index (χ1n) is 9.43. The molecule has 0 aromatic carbocycles. The number of halogens is 1. The average Bonchev–Trinajstić information content (AvgIpc) is 3.35. The van der Waals surface area contributed by atoms with Crippen LogP contribution in [0, 0.1) is 5.92 Å². The third kappa shape index (κ3) is 4.09. The van der Waals surface area contributed by atoms with Crippen LogP contribution < -0.4 is 5.32 Å². The number of nitrogens with one attached hydrogen (secondary N) is 1. The molecule has 0 spiro atoms. The Morgan fingerprint density at radius 3 is 2.78 bits per heavy atom. The van der Waals surface area contributed by atoms with Crippen LogP contribution in [0.15, 0.2) is 24.5 Å². The number of aromatic nitrogens is 2. The Hall–Kier alpha value is -2.12. The highest BCUT2D eigenvalue weighted by atomic mass is 35.5. The smallest absolute Gasteiger partial charge is 0.274 e. The molecule has 7 nitrogen and oxygen atoms in total. The summed E-state index contributed by atoms with van der Waals surface area (Å²) in [6, 6.07) is 3.55. The number of rotatable bonds is 4. The summed E-state index contributed by atoms with van der Waals surface area (Å²) in [5, 5.41) is 3.60. The number of imidazole rings is 1. The predicted molar refractivity (Wildman–Crippen MR) is 101 cm³/mol. The van der Waals surface area contributed by atoms with E-state index in [2.05, 4.69) is 10.3 Å². The van der Waals surface area contributed by atoms with Crippen LogP contribution in [-0.4, -0.2) is 58.4 Å². The molecule has 2 aromatic heterocycles. The number of carbonyl (C=O) groups is 2. The average molecular weight is 391 g/mol. The van der Waals surface area contributed by atoms with Gasteiger partial charge in [0, 0.05) is 38.6 Å².